The molecule has 31 heavy (non-hydrogen) atoms. The zero-order valence-electron chi connectivity index (χ0n) is 19.5. The quantitative estimate of drug-likeness (QED) is 0.504. The topological polar surface area (TPSA) is 56.3 Å². The zero-order valence-corrected chi connectivity index (χ0v) is 19.5. The van der Waals surface area contributed by atoms with Gasteiger partial charge in [0.25, 0.3) is 5.92 Å². The Morgan fingerprint density at radius 2 is 2.00 bits per heavy atom. The van der Waals surface area contributed by atoms with Gasteiger partial charge in [-0.3, -0.25) is 0 Å². The van der Waals surface area contributed by atoms with Gasteiger partial charge in [-0.2, -0.15) is 8.78 Å². The van der Waals surface area contributed by atoms with Crippen LogP contribution >= 0.6 is 0 Å². The van der Waals surface area contributed by atoms with Gasteiger partial charge >= 0.3 is 0 Å². The number of benzene rings is 1. The van der Waals surface area contributed by atoms with Crippen molar-refractivity contribution in [1.82, 2.24) is 15.3 Å². The fourth-order valence-electron chi connectivity index (χ4n) is 3.73. The van der Waals surface area contributed by atoms with Gasteiger partial charge in [-0.05, 0) is 25.5 Å². The maximum Gasteiger partial charge on any atom is 0.295 e. The standard InChI is InChI=1S/C22H29F2N3O2.C2H6.H2/c1-6-7-10-22(23,24)20-21(29-18-12-25-19(13(2)3)14(18)4)27-17-11-15(28-5)8-9-16(17)26-20;1-2;/h8-9,11,14,18-19,25H,2,6-7,10,12H2,1,3-5H3;1-2H3;1H/t14-,18+,19-;;/m1../s1. The van der Waals surface area contributed by atoms with Crippen LogP contribution < -0.4 is 14.8 Å². The van der Waals surface area contributed by atoms with E-state index in [0.717, 1.165) is 5.57 Å². The normalized spacial score (nSPS) is 20.8. The third-order valence-corrected chi connectivity index (χ3v) is 5.48. The van der Waals surface area contributed by atoms with Crippen LogP contribution in [0.3, 0.4) is 0 Å². The van der Waals surface area contributed by atoms with Crippen molar-refractivity contribution >= 4 is 11.0 Å². The van der Waals surface area contributed by atoms with Crippen LogP contribution in [0.15, 0.2) is 30.4 Å². The molecule has 0 unspecified atom stereocenters. The van der Waals surface area contributed by atoms with E-state index < -0.39 is 11.6 Å². The Morgan fingerprint density at radius 1 is 1.29 bits per heavy atom. The maximum atomic E-state index is 15.0. The Balaban J connectivity index is 0.00000166. The van der Waals surface area contributed by atoms with Crippen molar-refractivity contribution in [3.8, 4) is 11.6 Å². The summed E-state index contributed by atoms with van der Waals surface area (Å²) >= 11 is 0. The van der Waals surface area contributed by atoms with Crippen LogP contribution in [0.5, 0.6) is 11.6 Å². The summed E-state index contributed by atoms with van der Waals surface area (Å²) in [4.78, 5) is 8.70. The highest BCUT2D eigenvalue weighted by Crippen LogP contribution is 2.39. The zero-order chi connectivity index (χ0) is 23.2. The van der Waals surface area contributed by atoms with Crippen LogP contribution in [0.1, 0.15) is 61.0 Å². The largest absolute Gasteiger partial charge is 0.497 e. The van der Waals surface area contributed by atoms with E-state index in [1.165, 1.54) is 0 Å². The van der Waals surface area contributed by atoms with E-state index in [-0.39, 0.29) is 31.8 Å². The fourth-order valence-corrected chi connectivity index (χ4v) is 3.73. The number of hydrogen-bond donors (Lipinski definition) is 1. The summed E-state index contributed by atoms with van der Waals surface area (Å²) in [6.07, 6.45) is 0.486. The van der Waals surface area contributed by atoms with Crippen molar-refractivity contribution in [2.45, 2.75) is 71.9 Å². The average molecular weight is 438 g/mol. The maximum absolute atomic E-state index is 15.0. The van der Waals surface area contributed by atoms with Gasteiger partial charge < -0.3 is 14.8 Å². The molecule has 1 aromatic heterocycles. The summed E-state index contributed by atoms with van der Waals surface area (Å²) in [5.74, 6) is -2.56. The van der Waals surface area contributed by atoms with Crippen LogP contribution in [0.4, 0.5) is 8.78 Å². The smallest absolute Gasteiger partial charge is 0.295 e. The second-order valence-electron chi connectivity index (χ2n) is 7.79. The van der Waals surface area contributed by atoms with E-state index >= 15 is 8.78 Å². The summed E-state index contributed by atoms with van der Waals surface area (Å²) < 4.78 is 41.3. The molecule has 174 valence electrons. The first-order chi connectivity index (χ1) is 14.8. The van der Waals surface area contributed by atoms with E-state index in [1.54, 1.807) is 25.3 Å². The number of unbranched alkanes of at least 4 members (excludes halogenated alkanes) is 1. The van der Waals surface area contributed by atoms with Crippen molar-refractivity contribution < 1.29 is 19.7 Å². The number of fused-ring (bicyclic) bond motifs is 1. The molecule has 0 aliphatic carbocycles. The minimum atomic E-state index is -3.12. The van der Waals surface area contributed by atoms with Crippen LogP contribution in [0, 0.1) is 5.92 Å². The second kappa shape index (κ2) is 10.8. The predicted molar refractivity (Wildman–Crippen MR) is 123 cm³/mol. The van der Waals surface area contributed by atoms with E-state index in [2.05, 4.69) is 21.9 Å². The highest BCUT2D eigenvalue weighted by molar-refractivity contribution is 5.77. The van der Waals surface area contributed by atoms with Crippen molar-refractivity contribution in [2.24, 2.45) is 5.92 Å². The molecule has 1 saturated heterocycles. The number of rotatable bonds is 8. The van der Waals surface area contributed by atoms with Gasteiger partial charge in [0.1, 0.15) is 11.9 Å². The Kier molecular flexibility index (Phi) is 8.74. The summed E-state index contributed by atoms with van der Waals surface area (Å²) in [5.41, 5.74) is 1.45. The van der Waals surface area contributed by atoms with Crippen LogP contribution in [-0.2, 0) is 5.92 Å². The predicted octanol–water partition coefficient (Wildman–Crippen LogP) is 6.12. The number of aromatic nitrogens is 2. The van der Waals surface area contributed by atoms with E-state index in [9.17, 15) is 0 Å². The molecule has 1 aliphatic rings. The SMILES string of the molecule is C=C(C)[C@H]1NC[C@H](Oc2nc3cc(OC)ccc3nc2C(F)(F)CCCC)[C@H]1C.CC.[HH]. The number of ether oxygens (including phenoxy) is 2. The first-order valence-corrected chi connectivity index (χ1v) is 11.1. The number of nitrogens with one attached hydrogen (secondary N) is 1. The van der Waals surface area contributed by atoms with Gasteiger partial charge in [0.2, 0.25) is 5.88 Å². The van der Waals surface area contributed by atoms with Gasteiger partial charge in [-0.25, -0.2) is 9.97 Å². The molecule has 5 nitrogen and oxygen atoms in total. The lowest BCUT2D eigenvalue weighted by Crippen LogP contribution is -2.29. The number of halogens is 2. The number of nitrogens with zero attached hydrogens (tertiary/aromatic N) is 2. The average Bonchev–Trinajstić information content (AvgIpc) is 3.13. The van der Waals surface area contributed by atoms with Gasteiger partial charge in [0.05, 0.1) is 18.1 Å². The highest BCUT2D eigenvalue weighted by Gasteiger charge is 2.40. The Morgan fingerprint density at radius 3 is 2.58 bits per heavy atom. The van der Waals surface area contributed by atoms with Crippen LogP contribution in [0.25, 0.3) is 11.0 Å². The minimum absolute atomic E-state index is 0. The first kappa shape index (κ1) is 25.0. The lowest BCUT2D eigenvalue weighted by atomic mass is 9.96. The summed E-state index contributed by atoms with van der Waals surface area (Å²) in [5, 5.41) is 3.34. The molecule has 3 atom stereocenters. The monoisotopic (exact) mass is 437 g/mol. The van der Waals surface area contributed by atoms with Crippen molar-refractivity contribution in [3.63, 3.8) is 0 Å². The molecule has 1 aromatic carbocycles. The lowest BCUT2D eigenvalue weighted by Gasteiger charge is -2.24. The number of alkyl halides is 2. The van der Waals surface area contributed by atoms with E-state index in [0.29, 0.717) is 36.2 Å². The number of methoxy groups -OCH3 is 1. The Bertz CT molecular complexity index is 895. The van der Waals surface area contributed by atoms with Crippen LogP contribution in [0.2, 0.25) is 0 Å². The molecule has 2 heterocycles. The molecule has 1 aliphatic heterocycles. The second-order valence-corrected chi connectivity index (χ2v) is 7.79. The molecule has 0 spiro atoms. The van der Waals surface area contributed by atoms with Crippen molar-refractivity contribution in [2.75, 3.05) is 13.7 Å². The summed E-state index contributed by atoms with van der Waals surface area (Å²) in [7, 11) is 1.54. The van der Waals surface area contributed by atoms with E-state index in [1.807, 2.05) is 34.6 Å². The molecule has 1 N–H and O–H groups in total. The molecule has 1 fully saturated rings. The molecule has 2 aromatic rings. The minimum Gasteiger partial charge on any atom is -0.497 e. The molecule has 3 rings (SSSR count). The van der Waals surface area contributed by atoms with Crippen LogP contribution in [-0.4, -0.2) is 35.8 Å². The number of hydrogen-bond acceptors (Lipinski definition) is 5. The lowest BCUT2D eigenvalue weighted by molar-refractivity contribution is -0.0241. The Hall–Kier alpha value is -2.28. The molecular formula is C24H37F2N3O2. The van der Waals surface area contributed by atoms with Crippen molar-refractivity contribution in [1.29, 1.82) is 0 Å². The van der Waals surface area contributed by atoms with Gasteiger partial charge in [-0.15, -0.1) is 0 Å². The third-order valence-electron chi connectivity index (χ3n) is 5.48. The fraction of sp³-hybridized carbons (Fsp3) is 0.583. The molecular weight excluding hydrogens is 400 g/mol. The molecule has 0 radical (unpaired) electrons. The summed E-state index contributed by atoms with van der Waals surface area (Å²) in [6.45, 7) is 14.4. The van der Waals surface area contributed by atoms with E-state index in [4.69, 9.17) is 9.47 Å². The molecule has 7 heteroatoms. The van der Waals surface area contributed by atoms with Gasteiger partial charge in [0.15, 0.2) is 5.69 Å². The third kappa shape index (κ3) is 5.70. The van der Waals surface area contributed by atoms with Crippen molar-refractivity contribution in [3.05, 3.63) is 36.0 Å². The summed E-state index contributed by atoms with van der Waals surface area (Å²) in [6, 6.07) is 5.08. The molecule has 0 saturated carbocycles. The highest BCUT2D eigenvalue weighted by atomic mass is 19.3. The van der Waals surface area contributed by atoms with Gasteiger partial charge in [-0.1, -0.05) is 46.3 Å². The van der Waals surface area contributed by atoms with Gasteiger partial charge in [0, 0.05) is 32.4 Å². The first-order valence-electron chi connectivity index (χ1n) is 11.1. The Labute approximate surface area is 185 Å². The molecule has 0 bridgehead atoms. The molecule has 0 amide bonds.